The second-order valence-corrected chi connectivity index (χ2v) is 3.04. The number of ether oxygens (including phenoxy) is 1. The van der Waals surface area contributed by atoms with Gasteiger partial charge in [-0.1, -0.05) is 19.1 Å². The van der Waals surface area contributed by atoms with Crippen LogP contribution in [-0.2, 0) is 9.53 Å². The lowest BCUT2D eigenvalue weighted by molar-refractivity contribution is -0.108. The predicted molar refractivity (Wildman–Crippen MR) is 52.3 cm³/mol. The molecule has 1 unspecified atom stereocenters. The van der Waals surface area contributed by atoms with Crippen molar-refractivity contribution in [3.05, 3.63) is 35.4 Å². The smallest absolute Gasteiger partial charge is 0.337 e. The molecule has 0 saturated heterocycles. The van der Waals surface area contributed by atoms with Crippen molar-refractivity contribution in [1.82, 2.24) is 0 Å². The van der Waals surface area contributed by atoms with Gasteiger partial charge < -0.3 is 9.53 Å². The summed E-state index contributed by atoms with van der Waals surface area (Å²) >= 11 is 0. The monoisotopic (exact) mass is 192 g/mol. The number of benzene rings is 1. The van der Waals surface area contributed by atoms with Crippen LogP contribution in [0.25, 0.3) is 0 Å². The molecule has 0 aliphatic heterocycles. The molecule has 3 heteroatoms. The fraction of sp³-hybridized carbons (Fsp3) is 0.273. The summed E-state index contributed by atoms with van der Waals surface area (Å²) < 4.78 is 4.58. The van der Waals surface area contributed by atoms with Gasteiger partial charge in [0, 0.05) is 5.92 Å². The molecule has 0 fully saturated rings. The summed E-state index contributed by atoms with van der Waals surface area (Å²) in [5.74, 6) is -0.579. The average molecular weight is 192 g/mol. The van der Waals surface area contributed by atoms with Crippen LogP contribution in [0.15, 0.2) is 24.3 Å². The van der Waals surface area contributed by atoms with Crippen molar-refractivity contribution in [3.63, 3.8) is 0 Å². The molecule has 0 N–H and O–H groups in total. The van der Waals surface area contributed by atoms with E-state index in [1.54, 1.807) is 25.1 Å². The lowest BCUT2D eigenvalue weighted by Crippen LogP contribution is -2.03. The van der Waals surface area contributed by atoms with E-state index in [-0.39, 0.29) is 11.9 Å². The zero-order valence-electron chi connectivity index (χ0n) is 8.19. The quantitative estimate of drug-likeness (QED) is 0.541. The molecular formula is C11H12O3. The van der Waals surface area contributed by atoms with E-state index in [1.165, 1.54) is 7.11 Å². The van der Waals surface area contributed by atoms with Gasteiger partial charge in [-0.25, -0.2) is 4.79 Å². The van der Waals surface area contributed by atoms with Crippen LogP contribution in [0.5, 0.6) is 0 Å². The topological polar surface area (TPSA) is 43.4 Å². The van der Waals surface area contributed by atoms with Gasteiger partial charge in [0.1, 0.15) is 6.29 Å². The van der Waals surface area contributed by atoms with E-state index in [4.69, 9.17) is 0 Å². The van der Waals surface area contributed by atoms with Crippen molar-refractivity contribution in [2.24, 2.45) is 0 Å². The summed E-state index contributed by atoms with van der Waals surface area (Å²) in [6.45, 7) is 1.78. The van der Waals surface area contributed by atoms with Crippen LogP contribution in [0.4, 0.5) is 0 Å². The molecule has 1 aromatic carbocycles. The standard InChI is InChI=1S/C11H12O3/c1-8(7-12)9-4-3-5-10(6-9)11(13)14-2/h3-8H,1-2H3. The van der Waals surface area contributed by atoms with Crippen LogP contribution in [-0.4, -0.2) is 19.4 Å². The Morgan fingerprint density at radius 3 is 2.79 bits per heavy atom. The van der Waals surface area contributed by atoms with Crippen LogP contribution in [0.2, 0.25) is 0 Å². The Labute approximate surface area is 82.7 Å². The molecule has 1 rings (SSSR count). The van der Waals surface area contributed by atoms with Crippen molar-refractivity contribution in [2.75, 3.05) is 7.11 Å². The maximum Gasteiger partial charge on any atom is 0.337 e. The molecule has 0 aliphatic rings. The van der Waals surface area contributed by atoms with Crippen molar-refractivity contribution in [3.8, 4) is 0 Å². The van der Waals surface area contributed by atoms with Crippen molar-refractivity contribution in [1.29, 1.82) is 0 Å². The van der Waals surface area contributed by atoms with E-state index in [1.807, 2.05) is 6.07 Å². The van der Waals surface area contributed by atoms with Crippen LogP contribution in [0.3, 0.4) is 0 Å². The predicted octanol–water partition coefficient (Wildman–Crippen LogP) is 1.78. The molecular weight excluding hydrogens is 180 g/mol. The van der Waals surface area contributed by atoms with E-state index < -0.39 is 0 Å². The lowest BCUT2D eigenvalue weighted by atomic mass is 10.0. The number of aldehydes is 1. The second kappa shape index (κ2) is 4.56. The Bertz CT molecular complexity index is 344. The summed E-state index contributed by atoms with van der Waals surface area (Å²) in [5.41, 5.74) is 1.29. The van der Waals surface area contributed by atoms with Gasteiger partial charge in [0.2, 0.25) is 0 Å². The van der Waals surface area contributed by atoms with Crippen LogP contribution >= 0.6 is 0 Å². The minimum atomic E-state index is -0.384. The normalized spacial score (nSPS) is 11.9. The van der Waals surface area contributed by atoms with Gasteiger partial charge in [-0.3, -0.25) is 0 Å². The number of hydrogen-bond acceptors (Lipinski definition) is 3. The van der Waals surface area contributed by atoms with E-state index >= 15 is 0 Å². The molecule has 0 heterocycles. The Hall–Kier alpha value is -1.64. The van der Waals surface area contributed by atoms with Crippen LogP contribution < -0.4 is 0 Å². The zero-order chi connectivity index (χ0) is 10.6. The molecule has 74 valence electrons. The largest absolute Gasteiger partial charge is 0.465 e. The average Bonchev–Trinajstić information content (AvgIpc) is 2.27. The Morgan fingerprint density at radius 1 is 1.50 bits per heavy atom. The Balaban J connectivity index is 3.00. The molecule has 0 saturated carbocycles. The summed E-state index contributed by atoms with van der Waals surface area (Å²) in [6, 6.07) is 6.88. The lowest BCUT2D eigenvalue weighted by Gasteiger charge is -2.05. The molecule has 0 aromatic heterocycles. The van der Waals surface area contributed by atoms with Gasteiger partial charge in [0.15, 0.2) is 0 Å². The summed E-state index contributed by atoms with van der Waals surface area (Å²) in [6.07, 6.45) is 0.844. The van der Waals surface area contributed by atoms with Gasteiger partial charge in [0.05, 0.1) is 12.7 Å². The number of carbonyl (C=O) groups is 2. The third kappa shape index (κ3) is 2.19. The number of methoxy groups -OCH3 is 1. The maximum absolute atomic E-state index is 11.2. The van der Waals surface area contributed by atoms with Crippen molar-refractivity contribution in [2.45, 2.75) is 12.8 Å². The van der Waals surface area contributed by atoms with E-state index in [9.17, 15) is 9.59 Å². The fourth-order valence-electron chi connectivity index (χ4n) is 1.15. The number of carbonyl (C=O) groups excluding carboxylic acids is 2. The van der Waals surface area contributed by atoms with E-state index in [2.05, 4.69) is 4.74 Å². The minimum absolute atomic E-state index is 0.195. The molecule has 0 bridgehead atoms. The first-order valence-electron chi connectivity index (χ1n) is 4.32. The van der Waals surface area contributed by atoms with Crippen LogP contribution in [0, 0.1) is 0 Å². The van der Waals surface area contributed by atoms with Crippen molar-refractivity contribution < 1.29 is 14.3 Å². The van der Waals surface area contributed by atoms with Gasteiger partial charge in [0.25, 0.3) is 0 Å². The Kier molecular flexibility index (Phi) is 3.40. The molecule has 1 atom stereocenters. The van der Waals surface area contributed by atoms with Crippen LogP contribution in [0.1, 0.15) is 28.8 Å². The van der Waals surface area contributed by atoms with Gasteiger partial charge in [-0.2, -0.15) is 0 Å². The highest BCUT2D eigenvalue weighted by atomic mass is 16.5. The highest BCUT2D eigenvalue weighted by molar-refractivity contribution is 5.89. The fourth-order valence-corrected chi connectivity index (χ4v) is 1.15. The highest BCUT2D eigenvalue weighted by Gasteiger charge is 2.08. The van der Waals surface area contributed by atoms with Gasteiger partial charge in [-0.15, -0.1) is 0 Å². The minimum Gasteiger partial charge on any atom is -0.465 e. The summed E-state index contributed by atoms with van der Waals surface area (Å²) in [7, 11) is 1.33. The number of esters is 1. The zero-order valence-corrected chi connectivity index (χ0v) is 8.19. The first-order chi connectivity index (χ1) is 6.69. The summed E-state index contributed by atoms with van der Waals surface area (Å²) in [4.78, 5) is 21.7. The maximum atomic E-state index is 11.2. The third-order valence-electron chi connectivity index (χ3n) is 2.04. The third-order valence-corrected chi connectivity index (χ3v) is 2.04. The van der Waals surface area contributed by atoms with E-state index in [0.717, 1.165) is 11.8 Å². The van der Waals surface area contributed by atoms with E-state index in [0.29, 0.717) is 5.56 Å². The van der Waals surface area contributed by atoms with Gasteiger partial charge in [-0.05, 0) is 17.7 Å². The molecule has 0 aliphatic carbocycles. The highest BCUT2D eigenvalue weighted by Crippen LogP contribution is 2.14. The molecule has 14 heavy (non-hydrogen) atoms. The molecule has 0 spiro atoms. The number of rotatable bonds is 3. The van der Waals surface area contributed by atoms with Crippen molar-refractivity contribution >= 4 is 12.3 Å². The molecule has 3 nitrogen and oxygen atoms in total. The summed E-state index contributed by atoms with van der Waals surface area (Å²) in [5, 5.41) is 0. The SMILES string of the molecule is COC(=O)c1cccc(C(C)C=O)c1. The molecule has 0 amide bonds. The molecule has 0 radical (unpaired) electrons. The first kappa shape index (κ1) is 10.4. The molecule has 1 aromatic rings. The second-order valence-electron chi connectivity index (χ2n) is 3.04. The Morgan fingerprint density at radius 2 is 2.21 bits per heavy atom. The first-order valence-corrected chi connectivity index (χ1v) is 4.32. The van der Waals surface area contributed by atoms with Gasteiger partial charge >= 0.3 is 5.97 Å². The number of hydrogen-bond donors (Lipinski definition) is 0.